The minimum Gasteiger partial charge on any atom is -0.339 e. The number of hydrogen-bond acceptors (Lipinski definition) is 3. The molecule has 0 fully saturated rings. The van der Waals surface area contributed by atoms with Crippen LogP contribution < -0.4 is 10.6 Å². The highest BCUT2D eigenvalue weighted by molar-refractivity contribution is 5.97. The molecule has 0 saturated carbocycles. The Balaban J connectivity index is 2.72. The lowest BCUT2D eigenvalue weighted by Gasteiger charge is -2.19. The summed E-state index contributed by atoms with van der Waals surface area (Å²) in [6.45, 7) is 9.46. The van der Waals surface area contributed by atoms with Gasteiger partial charge in [-0.25, -0.2) is 0 Å². The fourth-order valence-electron chi connectivity index (χ4n) is 1.93. The molecular formula is C16H25N3O2. The van der Waals surface area contributed by atoms with Crippen molar-refractivity contribution in [1.82, 2.24) is 10.2 Å². The molecule has 0 radical (unpaired) electrons. The molecule has 0 heterocycles. The van der Waals surface area contributed by atoms with Gasteiger partial charge in [-0.1, -0.05) is 19.9 Å². The molecule has 0 spiro atoms. The van der Waals surface area contributed by atoms with E-state index >= 15 is 0 Å². The van der Waals surface area contributed by atoms with Crippen molar-refractivity contribution in [2.75, 3.05) is 25.0 Å². The standard InChI is InChI=1S/C16H25N3O2/c1-5-19(6-2)16(21)13-8-7-9-14(10-13)18-15(20)11-17-12(3)4/h7-10,12,17H,5-6,11H2,1-4H3,(H,18,20). The molecule has 0 atom stereocenters. The van der Waals surface area contributed by atoms with Crippen LogP contribution in [-0.4, -0.2) is 42.4 Å². The van der Waals surface area contributed by atoms with E-state index < -0.39 is 0 Å². The van der Waals surface area contributed by atoms with Gasteiger partial charge in [0.2, 0.25) is 5.91 Å². The van der Waals surface area contributed by atoms with Gasteiger partial charge >= 0.3 is 0 Å². The van der Waals surface area contributed by atoms with Crippen molar-refractivity contribution in [3.63, 3.8) is 0 Å². The Bertz CT molecular complexity index is 482. The van der Waals surface area contributed by atoms with Crippen LogP contribution in [0, 0.1) is 0 Å². The molecule has 2 amide bonds. The summed E-state index contributed by atoms with van der Waals surface area (Å²) in [7, 11) is 0. The monoisotopic (exact) mass is 291 g/mol. The van der Waals surface area contributed by atoms with E-state index in [0.717, 1.165) is 0 Å². The van der Waals surface area contributed by atoms with Crippen molar-refractivity contribution < 1.29 is 9.59 Å². The van der Waals surface area contributed by atoms with Gasteiger partial charge in [0.05, 0.1) is 6.54 Å². The van der Waals surface area contributed by atoms with Crippen LogP contribution >= 0.6 is 0 Å². The maximum atomic E-state index is 12.3. The Kier molecular flexibility index (Phi) is 6.88. The topological polar surface area (TPSA) is 61.4 Å². The van der Waals surface area contributed by atoms with Gasteiger partial charge in [-0.15, -0.1) is 0 Å². The lowest BCUT2D eigenvalue weighted by atomic mass is 10.1. The molecule has 21 heavy (non-hydrogen) atoms. The highest BCUT2D eigenvalue weighted by Crippen LogP contribution is 2.12. The maximum absolute atomic E-state index is 12.3. The van der Waals surface area contributed by atoms with Gasteiger partial charge in [0.25, 0.3) is 5.91 Å². The molecule has 116 valence electrons. The number of benzene rings is 1. The Hall–Kier alpha value is -1.88. The van der Waals surface area contributed by atoms with E-state index in [1.807, 2.05) is 27.7 Å². The van der Waals surface area contributed by atoms with Crippen LogP contribution in [0.1, 0.15) is 38.1 Å². The van der Waals surface area contributed by atoms with Gasteiger partial charge in [-0.05, 0) is 32.0 Å². The van der Waals surface area contributed by atoms with Gasteiger partial charge in [0.15, 0.2) is 0 Å². The van der Waals surface area contributed by atoms with E-state index in [9.17, 15) is 9.59 Å². The van der Waals surface area contributed by atoms with Crippen molar-refractivity contribution in [2.24, 2.45) is 0 Å². The first-order valence-corrected chi connectivity index (χ1v) is 7.40. The summed E-state index contributed by atoms with van der Waals surface area (Å²) in [6.07, 6.45) is 0. The molecule has 1 aromatic carbocycles. The number of nitrogens with zero attached hydrogens (tertiary/aromatic N) is 1. The number of hydrogen-bond donors (Lipinski definition) is 2. The molecule has 1 aromatic rings. The van der Waals surface area contributed by atoms with Gasteiger partial charge in [0, 0.05) is 30.4 Å². The summed E-state index contributed by atoms with van der Waals surface area (Å²) < 4.78 is 0. The third-order valence-electron chi connectivity index (χ3n) is 3.11. The molecule has 0 aliphatic carbocycles. The molecule has 0 aliphatic heterocycles. The van der Waals surface area contributed by atoms with Crippen molar-refractivity contribution in [2.45, 2.75) is 33.7 Å². The molecule has 5 heteroatoms. The first kappa shape index (κ1) is 17.2. The van der Waals surface area contributed by atoms with Crippen LogP contribution in [0.2, 0.25) is 0 Å². The number of anilines is 1. The van der Waals surface area contributed by atoms with E-state index in [4.69, 9.17) is 0 Å². The molecule has 0 bridgehead atoms. The van der Waals surface area contributed by atoms with Gasteiger partial charge < -0.3 is 15.5 Å². The van der Waals surface area contributed by atoms with Crippen molar-refractivity contribution in [1.29, 1.82) is 0 Å². The first-order chi connectivity index (χ1) is 9.97. The van der Waals surface area contributed by atoms with E-state index in [-0.39, 0.29) is 24.4 Å². The summed E-state index contributed by atoms with van der Waals surface area (Å²) in [5.41, 5.74) is 1.23. The SMILES string of the molecule is CCN(CC)C(=O)c1cccc(NC(=O)CNC(C)C)c1. The highest BCUT2D eigenvalue weighted by atomic mass is 16.2. The average molecular weight is 291 g/mol. The second kappa shape index (κ2) is 8.42. The summed E-state index contributed by atoms with van der Waals surface area (Å²) in [4.78, 5) is 25.8. The first-order valence-electron chi connectivity index (χ1n) is 7.40. The molecule has 0 saturated heterocycles. The number of carbonyl (C=O) groups is 2. The zero-order valence-corrected chi connectivity index (χ0v) is 13.3. The van der Waals surface area contributed by atoms with Crippen LogP contribution in [0.5, 0.6) is 0 Å². The lowest BCUT2D eigenvalue weighted by Crippen LogP contribution is -2.33. The van der Waals surface area contributed by atoms with Crippen molar-refractivity contribution in [3.8, 4) is 0 Å². The summed E-state index contributed by atoms with van der Waals surface area (Å²) in [5.74, 6) is -0.132. The largest absolute Gasteiger partial charge is 0.339 e. The molecule has 0 aliphatic rings. The van der Waals surface area contributed by atoms with E-state index in [1.165, 1.54) is 0 Å². The highest BCUT2D eigenvalue weighted by Gasteiger charge is 2.13. The van der Waals surface area contributed by atoms with E-state index in [0.29, 0.717) is 24.3 Å². The maximum Gasteiger partial charge on any atom is 0.253 e. The molecule has 5 nitrogen and oxygen atoms in total. The van der Waals surface area contributed by atoms with E-state index in [1.54, 1.807) is 29.2 Å². The minimum atomic E-state index is -0.115. The second-order valence-electron chi connectivity index (χ2n) is 5.14. The Labute approximate surface area is 126 Å². The van der Waals surface area contributed by atoms with Crippen LogP contribution in [-0.2, 0) is 4.79 Å². The summed E-state index contributed by atoms with van der Waals surface area (Å²) in [5, 5.41) is 5.85. The normalized spacial score (nSPS) is 10.5. The summed E-state index contributed by atoms with van der Waals surface area (Å²) in [6, 6.07) is 7.30. The molecule has 1 rings (SSSR count). The van der Waals surface area contributed by atoms with Crippen molar-refractivity contribution in [3.05, 3.63) is 29.8 Å². The molecule has 0 unspecified atom stereocenters. The Morgan fingerprint density at radius 2 is 1.86 bits per heavy atom. The lowest BCUT2D eigenvalue weighted by molar-refractivity contribution is -0.115. The van der Waals surface area contributed by atoms with Gasteiger partial charge in [-0.2, -0.15) is 0 Å². The smallest absolute Gasteiger partial charge is 0.253 e. The predicted octanol–water partition coefficient (Wildman–Crippen LogP) is 2.11. The number of amides is 2. The van der Waals surface area contributed by atoms with Crippen molar-refractivity contribution >= 4 is 17.5 Å². The summed E-state index contributed by atoms with van der Waals surface area (Å²) >= 11 is 0. The fourth-order valence-corrected chi connectivity index (χ4v) is 1.93. The zero-order chi connectivity index (χ0) is 15.8. The van der Waals surface area contributed by atoms with Crippen LogP contribution in [0.15, 0.2) is 24.3 Å². The number of rotatable bonds is 7. The van der Waals surface area contributed by atoms with E-state index in [2.05, 4.69) is 10.6 Å². The van der Waals surface area contributed by atoms with Crippen LogP contribution in [0.3, 0.4) is 0 Å². The number of carbonyl (C=O) groups excluding carboxylic acids is 2. The Morgan fingerprint density at radius 3 is 2.43 bits per heavy atom. The fraction of sp³-hybridized carbons (Fsp3) is 0.500. The quantitative estimate of drug-likeness (QED) is 0.809. The Morgan fingerprint density at radius 1 is 1.19 bits per heavy atom. The second-order valence-corrected chi connectivity index (χ2v) is 5.14. The predicted molar refractivity (Wildman–Crippen MR) is 85.5 cm³/mol. The van der Waals surface area contributed by atoms with Crippen LogP contribution in [0.25, 0.3) is 0 Å². The minimum absolute atomic E-state index is 0.0172. The zero-order valence-electron chi connectivity index (χ0n) is 13.3. The molecule has 0 aromatic heterocycles. The third kappa shape index (κ3) is 5.55. The van der Waals surface area contributed by atoms with Crippen LogP contribution in [0.4, 0.5) is 5.69 Å². The molecular weight excluding hydrogens is 266 g/mol. The van der Waals surface area contributed by atoms with Gasteiger partial charge in [-0.3, -0.25) is 9.59 Å². The van der Waals surface area contributed by atoms with Gasteiger partial charge in [0.1, 0.15) is 0 Å². The average Bonchev–Trinajstić information content (AvgIpc) is 2.46. The molecule has 2 N–H and O–H groups in total. The number of nitrogens with one attached hydrogen (secondary N) is 2. The third-order valence-corrected chi connectivity index (χ3v) is 3.11.